The quantitative estimate of drug-likeness (QED) is 0.167. The molecule has 4 fully saturated rings. The van der Waals surface area contributed by atoms with Gasteiger partial charge in [0.05, 0.1) is 29.4 Å². The Kier molecular flexibility index (Phi) is 13.6. The van der Waals surface area contributed by atoms with Gasteiger partial charge in [-0.3, -0.25) is 9.59 Å². The molecule has 1 aromatic heterocycles. The first-order valence-corrected chi connectivity index (χ1v) is 21.4. The Balaban J connectivity index is 1.30. The molecule has 13 atom stereocenters. The number of carbonyl (C=O) groups excluding carboxylic acids is 4. The number of hydrogen-bond acceptors (Lipinski definition) is 13. The van der Waals surface area contributed by atoms with Crippen molar-refractivity contribution in [3.8, 4) is 0 Å². The van der Waals surface area contributed by atoms with E-state index in [9.17, 15) is 24.3 Å². The summed E-state index contributed by atoms with van der Waals surface area (Å²) in [6.07, 6.45) is -1.92. The highest BCUT2D eigenvalue weighted by molar-refractivity contribution is 6.08. The monoisotopic (exact) mass is 829 g/mol. The lowest BCUT2D eigenvalue weighted by atomic mass is 9.73. The fraction of sp³-hybridized carbons (Fsp3) is 0.767. The van der Waals surface area contributed by atoms with Gasteiger partial charge in [0, 0.05) is 44.0 Å². The molecule has 2 N–H and O–H groups in total. The van der Waals surface area contributed by atoms with Crippen molar-refractivity contribution in [2.24, 2.45) is 23.7 Å². The van der Waals surface area contributed by atoms with Crippen molar-refractivity contribution in [2.45, 2.75) is 167 Å². The molecule has 1 amide bonds. The van der Waals surface area contributed by atoms with Gasteiger partial charge in [-0.25, -0.2) is 18.7 Å². The maximum atomic E-state index is 16.9. The van der Waals surface area contributed by atoms with Crippen LogP contribution in [0.4, 0.5) is 9.18 Å². The van der Waals surface area contributed by atoms with Gasteiger partial charge < -0.3 is 39.0 Å². The number of para-hydroxylation sites is 1. The van der Waals surface area contributed by atoms with Crippen LogP contribution in [-0.2, 0) is 44.6 Å². The highest BCUT2D eigenvalue weighted by atomic mass is 19.1. The lowest BCUT2D eigenvalue weighted by Gasteiger charge is -2.46. The number of benzene rings is 1. The molecule has 0 bridgehead atoms. The number of nitrogens with zero attached hydrogens (tertiary/aromatic N) is 4. The number of fused-ring (bicyclic) bond motifs is 2. The van der Waals surface area contributed by atoms with Gasteiger partial charge in [-0.15, -0.1) is 5.10 Å². The number of ketones is 2. The van der Waals surface area contributed by atoms with Gasteiger partial charge in [-0.05, 0) is 97.2 Å². The van der Waals surface area contributed by atoms with Crippen molar-refractivity contribution in [1.29, 1.82) is 0 Å². The molecular weight excluding hydrogens is 765 g/mol. The summed E-state index contributed by atoms with van der Waals surface area (Å²) in [5, 5.41) is 23.5. The number of amides is 1. The maximum Gasteiger partial charge on any atom is 0.410 e. The number of hydrogen-bond donors (Lipinski definition) is 2. The predicted octanol–water partition coefficient (Wildman–Crippen LogP) is 4.95. The average molecular weight is 830 g/mol. The van der Waals surface area contributed by atoms with E-state index in [4.69, 9.17) is 23.7 Å². The van der Waals surface area contributed by atoms with E-state index in [1.54, 1.807) is 39.3 Å². The zero-order valence-corrected chi connectivity index (χ0v) is 36.0. The van der Waals surface area contributed by atoms with E-state index in [0.29, 0.717) is 31.7 Å². The lowest BCUT2D eigenvalue weighted by molar-refractivity contribution is -0.290. The number of esters is 1. The topological polar surface area (TPSA) is 181 Å². The molecule has 15 nitrogen and oxygen atoms in total. The van der Waals surface area contributed by atoms with Crippen molar-refractivity contribution in [2.75, 3.05) is 20.2 Å². The Morgan fingerprint density at radius 1 is 1.02 bits per heavy atom. The fourth-order valence-corrected chi connectivity index (χ4v) is 9.69. The zero-order valence-electron chi connectivity index (χ0n) is 36.0. The van der Waals surface area contributed by atoms with E-state index in [0.717, 1.165) is 37.3 Å². The SMILES string of the molecule is CC[C@H]1OC(=O)[C@@](C)(F)C(=O)[C@@H](C)[C@@H](O[C@@H]2O[C@H](C)C[C@H](NCC3CC3)[C@@H]2O)[C@](C)(OC)C[C@@H](C)C(=O)[C@H](C)C2N(CCCCn3nnc4ccccc43)C(=O)O[C@@]21C. The Labute approximate surface area is 346 Å². The van der Waals surface area contributed by atoms with Crippen molar-refractivity contribution < 1.29 is 52.4 Å². The number of aromatic nitrogens is 3. The summed E-state index contributed by atoms with van der Waals surface area (Å²) in [6.45, 7) is 14.1. The van der Waals surface area contributed by atoms with Crippen molar-refractivity contribution in [3.05, 3.63) is 24.3 Å². The molecule has 0 spiro atoms. The second-order valence-corrected chi connectivity index (χ2v) is 18.0. The van der Waals surface area contributed by atoms with Gasteiger partial charge in [0.1, 0.15) is 23.5 Å². The van der Waals surface area contributed by atoms with Gasteiger partial charge in [-0.2, -0.15) is 0 Å². The van der Waals surface area contributed by atoms with Crippen LogP contribution in [0.15, 0.2) is 24.3 Å². The number of unbranched alkanes of at least 4 members (excludes halogenated alkanes) is 1. The van der Waals surface area contributed by atoms with E-state index in [1.165, 1.54) is 18.9 Å². The van der Waals surface area contributed by atoms with E-state index in [2.05, 4.69) is 15.6 Å². The summed E-state index contributed by atoms with van der Waals surface area (Å²) in [4.78, 5) is 58.3. The molecule has 3 saturated heterocycles. The number of methoxy groups -OCH3 is 1. The molecule has 4 heterocycles. The molecule has 1 aromatic carbocycles. The normalized spacial score (nSPS) is 38.9. The minimum atomic E-state index is -3.17. The predicted molar refractivity (Wildman–Crippen MR) is 214 cm³/mol. The van der Waals surface area contributed by atoms with Crippen molar-refractivity contribution >= 4 is 34.7 Å². The number of halogens is 1. The first-order chi connectivity index (χ1) is 27.9. The maximum absolute atomic E-state index is 16.9. The molecule has 1 saturated carbocycles. The van der Waals surface area contributed by atoms with Gasteiger partial charge in [0.15, 0.2) is 17.7 Å². The molecule has 1 unspecified atom stereocenters. The van der Waals surface area contributed by atoms with Crippen molar-refractivity contribution in [1.82, 2.24) is 25.2 Å². The van der Waals surface area contributed by atoms with Crippen LogP contribution in [-0.4, -0.2) is 128 Å². The summed E-state index contributed by atoms with van der Waals surface area (Å²) in [5.74, 6) is -5.20. The van der Waals surface area contributed by atoms with Crippen LogP contribution in [0.3, 0.4) is 0 Å². The average Bonchev–Trinajstić information content (AvgIpc) is 3.89. The van der Waals surface area contributed by atoms with E-state index in [1.807, 2.05) is 31.2 Å². The highest BCUT2D eigenvalue weighted by Crippen LogP contribution is 2.44. The van der Waals surface area contributed by atoms with Crippen LogP contribution in [0.2, 0.25) is 0 Å². The Hall–Kier alpha value is -3.57. The number of rotatable bonds is 12. The standard InChI is InChI=1S/C43H64FN5O10/c1-10-32-43(8)35(48(40(54)59-43)19-13-14-20-49-31-16-12-11-15-29(31)46-47-49)26(4)33(50)24(2)22-41(6,55-9)37(27(5)36(52)42(7,44)39(53)57-32)58-38-34(51)30(21-25(3)56-38)45-23-28-17-18-28/h11-12,15-16,24-28,30,32,34-35,37-38,45,51H,10,13-14,17-23H2,1-9H3/t24-,25-,26+,27-,30+,32-,34+,35?,37-,38+,41-,42+,43-/m1/s1. The van der Waals surface area contributed by atoms with Crippen LogP contribution in [0.5, 0.6) is 0 Å². The summed E-state index contributed by atoms with van der Waals surface area (Å²) in [6, 6.07) is 6.33. The fourth-order valence-electron chi connectivity index (χ4n) is 9.69. The Morgan fingerprint density at radius 2 is 1.71 bits per heavy atom. The third-order valence-corrected chi connectivity index (χ3v) is 13.4. The summed E-state index contributed by atoms with van der Waals surface area (Å²) >= 11 is 0. The molecule has 6 rings (SSSR count). The minimum absolute atomic E-state index is 0.00540. The van der Waals surface area contributed by atoms with Gasteiger partial charge in [-0.1, -0.05) is 45.0 Å². The number of alkyl halides is 1. The number of aryl methyl sites for hydroxylation is 1. The second kappa shape index (κ2) is 17.8. The third-order valence-electron chi connectivity index (χ3n) is 13.4. The number of aliphatic hydroxyl groups excluding tert-OH is 1. The molecule has 328 valence electrons. The van der Waals surface area contributed by atoms with E-state index in [-0.39, 0.29) is 37.3 Å². The summed E-state index contributed by atoms with van der Waals surface area (Å²) in [5.41, 5.74) is -4.54. The zero-order chi connectivity index (χ0) is 43.0. The summed E-state index contributed by atoms with van der Waals surface area (Å²) in [7, 11) is 1.41. The Bertz CT molecular complexity index is 1840. The number of ether oxygens (including phenoxy) is 5. The smallest absolute Gasteiger partial charge is 0.410 e. The number of aliphatic hydroxyl groups is 1. The van der Waals surface area contributed by atoms with E-state index < -0.39 is 83.1 Å². The van der Waals surface area contributed by atoms with E-state index >= 15 is 4.39 Å². The molecule has 59 heavy (non-hydrogen) atoms. The molecule has 2 aromatic rings. The van der Waals surface area contributed by atoms with Crippen LogP contribution >= 0.6 is 0 Å². The Morgan fingerprint density at radius 3 is 2.39 bits per heavy atom. The molecule has 16 heteroatoms. The van der Waals surface area contributed by atoms with Crippen LogP contribution < -0.4 is 5.32 Å². The third kappa shape index (κ3) is 9.07. The summed E-state index contributed by atoms with van der Waals surface area (Å²) < 4.78 is 49.5. The molecule has 4 aliphatic rings. The van der Waals surface area contributed by atoms with Gasteiger partial charge in [0.25, 0.3) is 5.67 Å². The van der Waals surface area contributed by atoms with Crippen LogP contribution in [0, 0.1) is 23.7 Å². The first kappa shape index (κ1) is 45.0. The van der Waals surface area contributed by atoms with Gasteiger partial charge >= 0.3 is 12.1 Å². The highest BCUT2D eigenvalue weighted by Gasteiger charge is 2.61. The number of nitrogens with one attached hydrogen (secondary N) is 1. The number of Topliss-reactive ketones (excluding diaryl/α,β-unsaturated/α-hetero) is 2. The second-order valence-electron chi connectivity index (χ2n) is 18.0. The van der Waals surface area contributed by atoms with Crippen LogP contribution in [0.1, 0.15) is 100 Å². The number of cyclic esters (lactones) is 1. The molecular formula is C43H64FN5O10. The molecule has 1 aliphatic carbocycles. The largest absolute Gasteiger partial charge is 0.455 e. The van der Waals surface area contributed by atoms with Crippen molar-refractivity contribution in [3.63, 3.8) is 0 Å². The molecule has 3 aliphatic heterocycles. The number of carbonyl (C=O) groups is 4. The first-order valence-electron chi connectivity index (χ1n) is 21.4. The molecule has 0 radical (unpaired) electrons. The van der Waals surface area contributed by atoms with Gasteiger partial charge in [0.2, 0.25) is 0 Å². The minimum Gasteiger partial charge on any atom is -0.455 e. The lowest BCUT2D eigenvalue weighted by Crippen LogP contribution is -2.62. The van der Waals surface area contributed by atoms with Crippen LogP contribution in [0.25, 0.3) is 11.0 Å².